The molecule has 114 valence electrons. The molecule has 1 aliphatic heterocycles. The van der Waals surface area contributed by atoms with Crippen molar-refractivity contribution in [3.63, 3.8) is 0 Å². The molecule has 0 radical (unpaired) electrons. The number of nitrogens with zero attached hydrogens (tertiary/aromatic N) is 2. The summed E-state index contributed by atoms with van der Waals surface area (Å²) in [4.78, 5) is 6.59. The zero-order chi connectivity index (χ0) is 15.2. The topological polar surface area (TPSA) is 36.9 Å². The van der Waals surface area contributed by atoms with Crippen molar-refractivity contribution in [1.29, 1.82) is 0 Å². The Kier molecular flexibility index (Phi) is 5.39. The summed E-state index contributed by atoms with van der Waals surface area (Å²) < 4.78 is 5.97. The first-order valence-corrected chi connectivity index (χ1v) is 7.41. The molecule has 1 fully saturated rings. The van der Waals surface area contributed by atoms with E-state index in [-0.39, 0.29) is 6.10 Å². The van der Waals surface area contributed by atoms with E-state index in [0.29, 0.717) is 6.61 Å². The molecule has 1 atom stereocenters. The maximum Gasteiger partial charge on any atom is 0.194 e. The molecule has 1 saturated heterocycles. The fraction of sp³-hybridized carbons (Fsp3) is 0.471. The van der Waals surface area contributed by atoms with E-state index < -0.39 is 0 Å². The minimum absolute atomic E-state index is 0.0987. The van der Waals surface area contributed by atoms with Crippen molar-refractivity contribution in [1.82, 2.24) is 10.2 Å². The van der Waals surface area contributed by atoms with Gasteiger partial charge in [-0.25, -0.2) is 0 Å². The molecule has 0 spiro atoms. The first-order chi connectivity index (χ1) is 10.2. The highest BCUT2D eigenvalue weighted by atomic mass is 16.5. The molecule has 21 heavy (non-hydrogen) atoms. The second-order valence-corrected chi connectivity index (χ2v) is 5.38. The van der Waals surface area contributed by atoms with Gasteiger partial charge in [0.25, 0.3) is 0 Å². The van der Waals surface area contributed by atoms with Gasteiger partial charge in [0.2, 0.25) is 0 Å². The summed E-state index contributed by atoms with van der Waals surface area (Å²) in [7, 11) is 1.81. The predicted molar refractivity (Wildman–Crippen MR) is 87.7 cm³/mol. The van der Waals surface area contributed by atoms with Gasteiger partial charge in [-0.3, -0.25) is 4.99 Å². The lowest BCUT2D eigenvalue weighted by Gasteiger charge is -2.35. The van der Waals surface area contributed by atoms with Gasteiger partial charge in [0.05, 0.1) is 13.2 Å². The zero-order valence-corrected chi connectivity index (χ0v) is 13.2. The van der Waals surface area contributed by atoms with Crippen LogP contribution in [0.25, 0.3) is 0 Å². The number of morpholine rings is 1. The van der Waals surface area contributed by atoms with Gasteiger partial charge < -0.3 is 15.0 Å². The average Bonchev–Trinajstić information content (AvgIpc) is 2.48. The Hall–Kier alpha value is -1.81. The smallest absolute Gasteiger partial charge is 0.194 e. The van der Waals surface area contributed by atoms with Gasteiger partial charge in [0.15, 0.2) is 5.96 Å². The number of benzene rings is 1. The lowest BCUT2D eigenvalue weighted by molar-refractivity contribution is -0.00825. The van der Waals surface area contributed by atoms with Crippen LogP contribution in [0.3, 0.4) is 0 Å². The van der Waals surface area contributed by atoms with E-state index in [1.165, 1.54) is 16.7 Å². The maximum atomic E-state index is 5.97. The van der Waals surface area contributed by atoms with Gasteiger partial charge in [-0.2, -0.15) is 0 Å². The molecule has 0 aromatic heterocycles. The Labute approximate surface area is 127 Å². The summed E-state index contributed by atoms with van der Waals surface area (Å²) in [6.45, 7) is 11.1. The van der Waals surface area contributed by atoms with Crippen LogP contribution in [-0.2, 0) is 4.74 Å². The highest BCUT2D eigenvalue weighted by molar-refractivity contribution is 5.80. The molecule has 0 saturated carbocycles. The summed E-state index contributed by atoms with van der Waals surface area (Å²) in [5.41, 5.74) is 3.84. The SMILES string of the molecule is C=CCNC(=NC)N1CCOC(c2ccc(C)cc2C)C1. The van der Waals surface area contributed by atoms with E-state index in [0.717, 1.165) is 25.6 Å². The Morgan fingerprint density at radius 1 is 1.52 bits per heavy atom. The summed E-state index contributed by atoms with van der Waals surface area (Å²) in [5.74, 6) is 0.910. The van der Waals surface area contributed by atoms with Crippen molar-refractivity contribution in [2.75, 3.05) is 33.3 Å². The third kappa shape index (κ3) is 3.85. The van der Waals surface area contributed by atoms with E-state index in [9.17, 15) is 0 Å². The summed E-state index contributed by atoms with van der Waals surface area (Å²) >= 11 is 0. The van der Waals surface area contributed by atoms with Crippen LogP contribution in [0, 0.1) is 13.8 Å². The minimum atomic E-state index is 0.0987. The molecule has 1 heterocycles. The number of aryl methyl sites for hydroxylation is 2. The Morgan fingerprint density at radius 3 is 3.00 bits per heavy atom. The third-order valence-corrected chi connectivity index (χ3v) is 3.75. The van der Waals surface area contributed by atoms with Crippen LogP contribution in [0.1, 0.15) is 22.8 Å². The molecule has 1 unspecified atom stereocenters. The summed E-state index contributed by atoms with van der Waals surface area (Å²) in [5, 5.41) is 3.29. The first kappa shape index (κ1) is 15.6. The molecule has 4 heteroatoms. The number of hydrogen-bond acceptors (Lipinski definition) is 2. The van der Waals surface area contributed by atoms with Crippen molar-refractivity contribution in [2.24, 2.45) is 4.99 Å². The quantitative estimate of drug-likeness (QED) is 0.527. The van der Waals surface area contributed by atoms with Crippen LogP contribution in [0.5, 0.6) is 0 Å². The van der Waals surface area contributed by atoms with Crippen molar-refractivity contribution in [3.8, 4) is 0 Å². The fourth-order valence-corrected chi connectivity index (χ4v) is 2.71. The lowest BCUT2D eigenvalue weighted by Crippen LogP contribution is -2.48. The van der Waals surface area contributed by atoms with Crippen molar-refractivity contribution < 1.29 is 4.74 Å². The molecule has 0 aliphatic carbocycles. The van der Waals surface area contributed by atoms with Gasteiger partial charge in [-0.05, 0) is 25.0 Å². The molecule has 1 aliphatic rings. The van der Waals surface area contributed by atoms with E-state index >= 15 is 0 Å². The van der Waals surface area contributed by atoms with Crippen molar-refractivity contribution in [2.45, 2.75) is 20.0 Å². The molecule has 1 aromatic carbocycles. The van der Waals surface area contributed by atoms with Crippen LogP contribution in [0.4, 0.5) is 0 Å². The highest BCUT2D eigenvalue weighted by Crippen LogP contribution is 2.25. The summed E-state index contributed by atoms with van der Waals surface area (Å²) in [6, 6.07) is 6.54. The number of aliphatic imine (C=N–C) groups is 1. The molecule has 1 N–H and O–H groups in total. The van der Waals surface area contributed by atoms with E-state index in [1.54, 1.807) is 0 Å². The van der Waals surface area contributed by atoms with Crippen LogP contribution in [0.15, 0.2) is 35.8 Å². The maximum absolute atomic E-state index is 5.97. The number of rotatable bonds is 3. The fourth-order valence-electron chi connectivity index (χ4n) is 2.71. The van der Waals surface area contributed by atoms with Crippen molar-refractivity contribution in [3.05, 3.63) is 47.5 Å². The highest BCUT2D eigenvalue weighted by Gasteiger charge is 2.24. The third-order valence-electron chi connectivity index (χ3n) is 3.75. The molecule has 4 nitrogen and oxygen atoms in total. The normalized spacial score (nSPS) is 19.5. The Morgan fingerprint density at radius 2 is 2.33 bits per heavy atom. The second-order valence-electron chi connectivity index (χ2n) is 5.38. The molecule has 1 aromatic rings. The summed E-state index contributed by atoms with van der Waals surface area (Å²) in [6.07, 6.45) is 1.94. The standard InChI is InChI=1S/C17H25N3O/c1-5-8-19-17(18-4)20-9-10-21-16(12-20)15-7-6-13(2)11-14(15)3/h5-7,11,16H,1,8-10,12H2,2-4H3,(H,18,19). The minimum Gasteiger partial charge on any atom is -0.370 e. The van der Waals surface area contributed by atoms with E-state index in [1.807, 2.05) is 13.1 Å². The van der Waals surface area contributed by atoms with Gasteiger partial charge in [0, 0.05) is 20.1 Å². The van der Waals surface area contributed by atoms with Crippen LogP contribution >= 0.6 is 0 Å². The first-order valence-electron chi connectivity index (χ1n) is 7.41. The van der Waals surface area contributed by atoms with E-state index in [2.05, 4.69) is 53.8 Å². The van der Waals surface area contributed by atoms with Gasteiger partial charge in [-0.1, -0.05) is 29.8 Å². The largest absolute Gasteiger partial charge is 0.370 e. The number of nitrogens with one attached hydrogen (secondary N) is 1. The Bertz CT molecular complexity index is 525. The molecule has 2 rings (SSSR count). The number of hydrogen-bond donors (Lipinski definition) is 1. The predicted octanol–water partition coefficient (Wildman–Crippen LogP) is 2.44. The van der Waals surface area contributed by atoms with Crippen LogP contribution < -0.4 is 5.32 Å². The number of guanidine groups is 1. The average molecular weight is 287 g/mol. The van der Waals surface area contributed by atoms with Gasteiger partial charge in [0.1, 0.15) is 6.10 Å². The van der Waals surface area contributed by atoms with Crippen LogP contribution in [0.2, 0.25) is 0 Å². The molecular weight excluding hydrogens is 262 g/mol. The number of ether oxygens (including phenoxy) is 1. The van der Waals surface area contributed by atoms with Crippen molar-refractivity contribution >= 4 is 5.96 Å². The monoisotopic (exact) mass is 287 g/mol. The molecular formula is C17H25N3O. The second kappa shape index (κ2) is 7.27. The molecule has 0 bridgehead atoms. The van der Waals surface area contributed by atoms with Gasteiger partial charge in [-0.15, -0.1) is 6.58 Å². The Balaban J connectivity index is 2.11. The van der Waals surface area contributed by atoms with E-state index in [4.69, 9.17) is 4.74 Å². The van der Waals surface area contributed by atoms with Gasteiger partial charge >= 0.3 is 0 Å². The van der Waals surface area contributed by atoms with Crippen LogP contribution in [-0.4, -0.2) is 44.1 Å². The zero-order valence-electron chi connectivity index (χ0n) is 13.2. The lowest BCUT2D eigenvalue weighted by atomic mass is 10.00. The molecule has 0 amide bonds.